The lowest BCUT2D eigenvalue weighted by Crippen LogP contribution is -1.92. The summed E-state index contributed by atoms with van der Waals surface area (Å²) in [4.78, 5) is 11.0. The first kappa shape index (κ1) is 18.2. The predicted octanol–water partition coefficient (Wildman–Crippen LogP) is 5.13. The van der Waals surface area contributed by atoms with Crippen LogP contribution in [0.5, 0.6) is 0 Å². The average molecular weight is 306 g/mol. The normalized spacial score (nSPS) is 12.8. The number of hydrogen-bond acceptors (Lipinski definition) is 2. The van der Waals surface area contributed by atoms with E-state index >= 15 is 0 Å². The van der Waals surface area contributed by atoms with Crippen LogP contribution in [0.3, 0.4) is 0 Å². The van der Waals surface area contributed by atoms with Crippen LogP contribution >= 0.6 is 0 Å². The van der Waals surface area contributed by atoms with E-state index in [1.807, 2.05) is 91.9 Å². The summed E-state index contributed by atoms with van der Waals surface area (Å²) in [6.07, 6.45) is 22.8. The second-order valence-electron chi connectivity index (χ2n) is 4.53. The monoisotopic (exact) mass is 306 g/mol. The Balaban J connectivity index is 2.72. The Kier molecular flexibility index (Phi) is 9.29. The van der Waals surface area contributed by atoms with Gasteiger partial charge in [0.15, 0.2) is 0 Å². The van der Waals surface area contributed by atoms with Gasteiger partial charge in [-0.15, -0.1) is 0 Å². The summed E-state index contributed by atoms with van der Waals surface area (Å²) in [5, 5.41) is 0. The minimum Gasteiger partial charge on any atom is -0.466 e. The summed E-state index contributed by atoms with van der Waals surface area (Å²) in [5.74, 6) is -0.362. The van der Waals surface area contributed by atoms with E-state index in [4.69, 9.17) is 0 Å². The van der Waals surface area contributed by atoms with E-state index in [0.29, 0.717) is 0 Å². The van der Waals surface area contributed by atoms with Gasteiger partial charge in [-0.2, -0.15) is 0 Å². The van der Waals surface area contributed by atoms with Crippen LogP contribution in [-0.2, 0) is 9.53 Å². The van der Waals surface area contributed by atoms with Crippen LogP contribution in [0.25, 0.3) is 12.2 Å². The molecule has 0 amide bonds. The molecule has 2 nitrogen and oxygen atoms in total. The van der Waals surface area contributed by atoms with Crippen molar-refractivity contribution < 1.29 is 9.53 Å². The fourth-order valence-corrected chi connectivity index (χ4v) is 1.70. The number of rotatable bonds is 7. The lowest BCUT2D eigenvalue weighted by atomic mass is 10.1. The number of esters is 1. The van der Waals surface area contributed by atoms with Gasteiger partial charge in [-0.1, -0.05) is 91.1 Å². The van der Waals surface area contributed by atoms with Gasteiger partial charge in [-0.3, -0.25) is 0 Å². The minimum absolute atomic E-state index is 0.362. The van der Waals surface area contributed by atoms with Gasteiger partial charge in [-0.25, -0.2) is 4.79 Å². The van der Waals surface area contributed by atoms with Gasteiger partial charge in [0.1, 0.15) is 0 Å². The summed E-state index contributed by atoms with van der Waals surface area (Å²) in [6, 6.07) is 8.05. The van der Waals surface area contributed by atoms with Crippen molar-refractivity contribution in [2.45, 2.75) is 6.92 Å². The summed E-state index contributed by atoms with van der Waals surface area (Å²) < 4.78 is 4.54. The first-order valence-corrected chi connectivity index (χ1v) is 7.42. The lowest BCUT2D eigenvalue weighted by Gasteiger charge is -1.99. The average Bonchev–Trinajstić information content (AvgIpc) is 2.58. The van der Waals surface area contributed by atoms with Crippen LogP contribution in [-0.4, -0.2) is 13.1 Å². The van der Waals surface area contributed by atoms with Crippen LogP contribution in [0.15, 0.2) is 85.0 Å². The highest BCUT2D eigenvalue weighted by Gasteiger charge is 1.93. The standard InChI is InChI=1S/C21H22O2/c1-3-4-5-6-7-8-9-14-19-15-10-11-16-20(19)17-12-13-18-21(22)23-2/h3-18H,1-2H3/b4-3+,6-5+,8-7+,14-9+,17-12+,18-13+. The Morgan fingerprint density at radius 1 is 0.826 bits per heavy atom. The number of carbonyl (C=O) groups excluding carboxylic acids is 1. The zero-order chi connectivity index (χ0) is 16.8. The maximum atomic E-state index is 11.0. The molecule has 2 heteroatoms. The maximum absolute atomic E-state index is 11.0. The van der Waals surface area contributed by atoms with Gasteiger partial charge in [0.2, 0.25) is 0 Å². The second-order valence-corrected chi connectivity index (χ2v) is 4.53. The number of carbonyl (C=O) groups is 1. The Hall–Kier alpha value is -2.87. The number of methoxy groups -OCH3 is 1. The van der Waals surface area contributed by atoms with Crippen molar-refractivity contribution in [1.82, 2.24) is 0 Å². The smallest absolute Gasteiger partial charge is 0.330 e. The van der Waals surface area contributed by atoms with Crippen LogP contribution < -0.4 is 0 Å². The summed E-state index contributed by atoms with van der Waals surface area (Å²) in [7, 11) is 1.36. The Bertz CT molecular complexity index is 656. The fourth-order valence-electron chi connectivity index (χ4n) is 1.70. The number of allylic oxidation sites excluding steroid dienone is 9. The summed E-state index contributed by atoms with van der Waals surface area (Å²) in [6.45, 7) is 1.98. The highest BCUT2D eigenvalue weighted by atomic mass is 16.5. The zero-order valence-corrected chi connectivity index (χ0v) is 13.6. The third kappa shape index (κ3) is 8.22. The first-order chi connectivity index (χ1) is 11.3. The van der Waals surface area contributed by atoms with Crippen LogP contribution in [0.1, 0.15) is 18.1 Å². The summed E-state index contributed by atoms with van der Waals surface area (Å²) >= 11 is 0. The third-order valence-electron chi connectivity index (χ3n) is 2.84. The molecule has 23 heavy (non-hydrogen) atoms. The van der Waals surface area contributed by atoms with Crippen LogP contribution in [0.2, 0.25) is 0 Å². The third-order valence-corrected chi connectivity index (χ3v) is 2.84. The SMILES string of the molecule is C/C=C/C=C/C=C/C=C/c1ccccc1/C=C/C=C/C(=O)OC. The van der Waals surface area contributed by atoms with E-state index in [-0.39, 0.29) is 5.97 Å². The van der Waals surface area contributed by atoms with E-state index < -0.39 is 0 Å². The molecule has 0 aliphatic rings. The molecule has 1 aromatic carbocycles. The lowest BCUT2D eigenvalue weighted by molar-refractivity contribution is -0.134. The van der Waals surface area contributed by atoms with E-state index in [9.17, 15) is 4.79 Å². The van der Waals surface area contributed by atoms with Gasteiger partial charge in [0, 0.05) is 6.08 Å². The molecule has 0 aliphatic heterocycles. The van der Waals surface area contributed by atoms with E-state index in [2.05, 4.69) is 4.74 Å². The molecule has 0 spiro atoms. The predicted molar refractivity (Wildman–Crippen MR) is 98.8 cm³/mol. The quantitative estimate of drug-likeness (QED) is 0.396. The van der Waals surface area contributed by atoms with Crippen molar-refractivity contribution in [2.75, 3.05) is 7.11 Å². The maximum Gasteiger partial charge on any atom is 0.330 e. The Morgan fingerprint density at radius 3 is 1.91 bits per heavy atom. The molecule has 118 valence electrons. The molecule has 0 heterocycles. The summed E-state index contributed by atoms with van der Waals surface area (Å²) in [5.41, 5.74) is 2.19. The molecule has 0 saturated carbocycles. The van der Waals surface area contributed by atoms with Gasteiger partial charge < -0.3 is 4.74 Å². The molecule has 0 atom stereocenters. The van der Waals surface area contributed by atoms with Crippen molar-refractivity contribution in [3.05, 3.63) is 96.2 Å². The van der Waals surface area contributed by atoms with Gasteiger partial charge in [0.25, 0.3) is 0 Å². The Morgan fingerprint density at radius 2 is 1.35 bits per heavy atom. The minimum atomic E-state index is -0.362. The number of hydrogen-bond donors (Lipinski definition) is 0. The van der Waals surface area contributed by atoms with Gasteiger partial charge in [0.05, 0.1) is 7.11 Å². The molecular weight excluding hydrogens is 284 g/mol. The first-order valence-electron chi connectivity index (χ1n) is 7.42. The van der Waals surface area contributed by atoms with Crippen molar-refractivity contribution in [3.8, 4) is 0 Å². The molecule has 0 fully saturated rings. The van der Waals surface area contributed by atoms with Crippen LogP contribution in [0, 0.1) is 0 Å². The molecule has 0 bridgehead atoms. The van der Waals surface area contributed by atoms with Gasteiger partial charge >= 0.3 is 5.97 Å². The molecule has 0 N–H and O–H groups in total. The molecule has 0 aromatic heterocycles. The number of benzene rings is 1. The molecule has 0 radical (unpaired) electrons. The van der Waals surface area contributed by atoms with Crippen molar-refractivity contribution >= 4 is 18.1 Å². The molecule has 0 saturated heterocycles. The fraction of sp³-hybridized carbons (Fsp3) is 0.0952. The molecule has 0 aliphatic carbocycles. The molecular formula is C21H22O2. The van der Waals surface area contributed by atoms with Crippen LogP contribution in [0.4, 0.5) is 0 Å². The van der Waals surface area contributed by atoms with E-state index in [0.717, 1.165) is 11.1 Å². The topological polar surface area (TPSA) is 26.3 Å². The highest BCUT2D eigenvalue weighted by Crippen LogP contribution is 2.12. The van der Waals surface area contributed by atoms with Gasteiger partial charge in [-0.05, 0) is 18.1 Å². The Labute approximate surface area is 138 Å². The second kappa shape index (κ2) is 11.8. The van der Waals surface area contributed by atoms with Crippen molar-refractivity contribution in [2.24, 2.45) is 0 Å². The number of ether oxygens (including phenoxy) is 1. The highest BCUT2D eigenvalue weighted by molar-refractivity contribution is 5.82. The van der Waals surface area contributed by atoms with Crippen molar-refractivity contribution in [1.29, 1.82) is 0 Å². The molecule has 1 aromatic rings. The molecule has 1 rings (SSSR count). The van der Waals surface area contributed by atoms with E-state index in [1.165, 1.54) is 13.2 Å². The van der Waals surface area contributed by atoms with E-state index in [1.54, 1.807) is 6.08 Å². The zero-order valence-electron chi connectivity index (χ0n) is 13.6. The largest absolute Gasteiger partial charge is 0.466 e. The van der Waals surface area contributed by atoms with Crippen molar-refractivity contribution in [3.63, 3.8) is 0 Å². The molecule has 0 unspecified atom stereocenters.